The molecule has 2 aliphatic rings. The smallest absolute Gasteiger partial charge is 0.240 e. The number of carbonyl (C=O) groups excluding carboxylic acids is 1. The standard InChI is InChI=1S/C19H23N3OS/c23-19(22-11-6-18-16(14-22)7-12-24-18)17-3-1-2-10-21(17)13-15-4-8-20-9-5-15/h4-5,7-9,12,17H,1-3,6,10-11,13-14H2/t17-/m0/s1. The Kier molecular flexibility index (Phi) is 4.63. The fourth-order valence-corrected chi connectivity index (χ4v) is 4.72. The minimum atomic E-state index is 0.0344. The van der Waals surface area contributed by atoms with Gasteiger partial charge in [-0.25, -0.2) is 0 Å². The molecule has 5 heteroatoms. The third-order valence-corrected chi connectivity index (χ3v) is 6.18. The predicted octanol–water partition coefficient (Wildman–Crippen LogP) is 3.08. The Morgan fingerprint density at radius 2 is 2.08 bits per heavy atom. The summed E-state index contributed by atoms with van der Waals surface area (Å²) in [6.45, 7) is 3.51. The van der Waals surface area contributed by atoms with Gasteiger partial charge >= 0.3 is 0 Å². The van der Waals surface area contributed by atoms with Crippen molar-refractivity contribution in [3.8, 4) is 0 Å². The lowest BCUT2D eigenvalue weighted by atomic mass is 9.98. The molecule has 4 nitrogen and oxygen atoms in total. The van der Waals surface area contributed by atoms with E-state index in [9.17, 15) is 4.79 Å². The number of piperidine rings is 1. The SMILES string of the molecule is O=C([C@@H]1CCCCN1Cc1ccncc1)N1CCc2sccc2C1. The molecule has 4 rings (SSSR count). The van der Waals surface area contributed by atoms with Crippen LogP contribution in [0.2, 0.25) is 0 Å². The normalized spacial score (nSPS) is 21.5. The van der Waals surface area contributed by atoms with Crippen molar-refractivity contribution < 1.29 is 4.79 Å². The summed E-state index contributed by atoms with van der Waals surface area (Å²) in [4.78, 5) is 23.1. The first-order chi connectivity index (χ1) is 11.8. The van der Waals surface area contributed by atoms with E-state index >= 15 is 0 Å². The molecule has 24 heavy (non-hydrogen) atoms. The fraction of sp³-hybridized carbons (Fsp3) is 0.474. The van der Waals surface area contributed by atoms with E-state index in [1.807, 2.05) is 23.7 Å². The van der Waals surface area contributed by atoms with Gasteiger partial charge in [-0.1, -0.05) is 6.42 Å². The van der Waals surface area contributed by atoms with Crippen LogP contribution in [0.1, 0.15) is 35.3 Å². The topological polar surface area (TPSA) is 36.4 Å². The first-order valence-corrected chi connectivity index (χ1v) is 9.66. The zero-order valence-electron chi connectivity index (χ0n) is 13.9. The van der Waals surface area contributed by atoms with Crippen LogP contribution in [0.15, 0.2) is 36.0 Å². The van der Waals surface area contributed by atoms with Gasteiger partial charge in [-0.15, -0.1) is 11.3 Å². The van der Waals surface area contributed by atoms with Crippen molar-refractivity contribution >= 4 is 17.2 Å². The number of likely N-dealkylation sites (tertiary alicyclic amines) is 1. The van der Waals surface area contributed by atoms with E-state index in [0.29, 0.717) is 5.91 Å². The number of fused-ring (bicyclic) bond motifs is 1. The first-order valence-electron chi connectivity index (χ1n) is 8.78. The summed E-state index contributed by atoms with van der Waals surface area (Å²) < 4.78 is 0. The van der Waals surface area contributed by atoms with E-state index in [4.69, 9.17) is 0 Å². The van der Waals surface area contributed by atoms with Gasteiger partial charge in [0.15, 0.2) is 0 Å². The van der Waals surface area contributed by atoms with Crippen LogP contribution in [-0.2, 0) is 24.3 Å². The van der Waals surface area contributed by atoms with Crippen molar-refractivity contribution in [3.05, 3.63) is 52.0 Å². The van der Waals surface area contributed by atoms with Gasteiger partial charge in [0.2, 0.25) is 5.91 Å². The number of hydrogen-bond acceptors (Lipinski definition) is 4. The molecule has 2 aromatic heterocycles. The van der Waals surface area contributed by atoms with Crippen molar-refractivity contribution in [1.82, 2.24) is 14.8 Å². The summed E-state index contributed by atoms with van der Waals surface area (Å²) in [6.07, 6.45) is 7.99. The molecule has 0 radical (unpaired) electrons. The summed E-state index contributed by atoms with van der Waals surface area (Å²) in [6, 6.07) is 6.31. The summed E-state index contributed by atoms with van der Waals surface area (Å²) in [5.41, 5.74) is 2.58. The van der Waals surface area contributed by atoms with Crippen LogP contribution in [0.4, 0.5) is 0 Å². The van der Waals surface area contributed by atoms with Crippen molar-refractivity contribution in [2.75, 3.05) is 13.1 Å². The monoisotopic (exact) mass is 341 g/mol. The number of aromatic nitrogens is 1. The van der Waals surface area contributed by atoms with Gasteiger partial charge in [0.05, 0.1) is 6.04 Å². The number of amides is 1. The lowest BCUT2D eigenvalue weighted by Crippen LogP contribution is -2.51. The largest absolute Gasteiger partial charge is 0.337 e. The summed E-state index contributed by atoms with van der Waals surface area (Å²) in [5.74, 6) is 0.320. The van der Waals surface area contributed by atoms with Gasteiger partial charge in [-0.2, -0.15) is 0 Å². The van der Waals surface area contributed by atoms with Gasteiger partial charge < -0.3 is 4.90 Å². The molecule has 1 amide bonds. The van der Waals surface area contributed by atoms with Crippen molar-refractivity contribution in [2.45, 2.75) is 44.8 Å². The van der Waals surface area contributed by atoms with Crippen LogP contribution in [0.25, 0.3) is 0 Å². The molecule has 2 aromatic rings. The zero-order valence-corrected chi connectivity index (χ0v) is 14.7. The highest BCUT2D eigenvalue weighted by Gasteiger charge is 2.33. The van der Waals surface area contributed by atoms with Crippen LogP contribution in [0.3, 0.4) is 0 Å². The number of rotatable bonds is 3. The number of nitrogens with zero attached hydrogens (tertiary/aromatic N) is 3. The van der Waals surface area contributed by atoms with E-state index in [0.717, 1.165) is 45.4 Å². The van der Waals surface area contributed by atoms with E-state index in [-0.39, 0.29) is 6.04 Å². The number of thiophene rings is 1. The number of hydrogen-bond donors (Lipinski definition) is 0. The second-order valence-corrected chi connectivity index (χ2v) is 7.72. The third-order valence-electron chi connectivity index (χ3n) is 5.15. The maximum absolute atomic E-state index is 13.2. The Labute approximate surface area is 147 Å². The Morgan fingerprint density at radius 3 is 2.96 bits per heavy atom. The average molecular weight is 341 g/mol. The lowest BCUT2D eigenvalue weighted by molar-refractivity contribution is -0.139. The van der Waals surface area contributed by atoms with Crippen LogP contribution >= 0.6 is 11.3 Å². The Bertz CT molecular complexity index is 700. The van der Waals surface area contributed by atoms with E-state index in [1.54, 1.807) is 0 Å². The molecule has 0 aromatic carbocycles. The molecule has 2 aliphatic heterocycles. The molecule has 1 saturated heterocycles. The fourth-order valence-electron chi connectivity index (χ4n) is 3.83. The van der Waals surface area contributed by atoms with Gasteiger partial charge in [-0.3, -0.25) is 14.7 Å². The molecule has 0 unspecified atom stereocenters. The van der Waals surface area contributed by atoms with Crippen LogP contribution in [0, 0.1) is 0 Å². The summed E-state index contributed by atoms with van der Waals surface area (Å²) in [7, 11) is 0. The molecule has 1 atom stereocenters. The maximum Gasteiger partial charge on any atom is 0.240 e. The molecule has 126 valence electrons. The zero-order chi connectivity index (χ0) is 16.4. The van der Waals surface area contributed by atoms with Gasteiger partial charge in [0.1, 0.15) is 0 Å². The molecule has 0 aliphatic carbocycles. The number of pyridine rings is 1. The Balaban J connectivity index is 1.47. The first kappa shape index (κ1) is 15.8. The minimum Gasteiger partial charge on any atom is -0.337 e. The van der Waals surface area contributed by atoms with Crippen LogP contribution in [0.5, 0.6) is 0 Å². The van der Waals surface area contributed by atoms with E-state index in [1.165, 1.54) is 22.4 Å². The second-order valence-electron chi connectivity index (χ2n) is 6.72. The van der Waals surface area contributed by atoms with Gasteiger partial charge in [0, 0.05) is 36.9 Å². The average Bonchev–Trinajstić information content (AvgIpc) is 3.10. The summed E-state index contributed by atoms with van der Waals surface area (Å²) in [5, 5.41) is 2.15. The number of carbonyl (C=O) groups is 1. The quantitative estimate of drug-likeness (QED) is 0.861. The third kappa shape index (κ3) is 3.23. The van der Waals surface area contributed by atoms with Crippen LogP contribution in [-0.4, -0.2) is 39.8 Å². The van der Waals surface area contributed by atoms with Crippen molar-refractivity contribution in [1.29, 1.82) is 0 Å². The van der Waals surface area contributed by atoms with Gasteiger partial charge in [-0.05, 0) is 60.5 Å². The van der Waals surface area contributed by atoms with Crippen LogP contribution < -0.4 is 0 Å². The molecular weight excluding hydrogens is 318 g/mol. The molecule has 4 heterocycles. The Hall–Kier alpha value is -1.72. The van der Waals surface area contributed by atoms with Crippen molar-refractivity contribution in [2.24, 2.45) is 0 Å². The van der Waals surface area contributed by atoms with E-state index in [2.05, 4.69) is 38.4 Å². The second kappa shape index (κ2) is 7.03. The molecule has 0 saturated carbocycles. The highest BCUT2D eigenvalue weighted by molar-refractivity contribution is 7.10. The highest BCUT2D eigenvalue weighted by Crippen LogP contribution is 2.27. The molecule has 0 spiro atoms. The summed E-state index contributed by atoms with van der Waals surface area (Å²) >= 11 is 1.82. The molecular formula is C19H23N3OS. The highest BCUT2D eigenvalue weighted by atomic mass is 32.1. The Morgan fingerprint density at radius 1 is 1.21 bits per heavy atom. The van der Waals surface area contributed by atoms with E-state index < -0.39 is 0 Å². The predicted molar refractivity (Wildman–Crippen MR) is 95.7 cm³/mol. The van der Waals surface area contributed by atoms with Gasteiger partial charge in [0.25, 0.3) is 0 Å². The molecule has 0 bridgehead atoms. The van der Waals surface area contributed by atoms with Crippen molar-refractivity contribution in [3.63, 3.8) is 0 Å². The molecule has 1 fully saturated rings. The lowest BCUT2D eigenvalue weighted by Gasteiger charge is -2.38. The minimum absolute atomic E-state index is 0.0344. The molecule has 0 N–H and O–H groups in total. The maximum atomic E-state index is 13.2.